The predicted octanol–water partition coefficient (Wildman–Crippen LogP) is 4.14. The van der Waals surface area contributed by atoms with Crippen molar-refractivity contribution in [2.24, 2.45) is 5.92 Å². The van der Waals surface area contributed by atoms with Crippen LogP contribution in [0.1, 0.15) is 13.8 Å². The molecule has 9 heteroatoms. The lowest BCUT2D eigenvalue weighted by Crippen LogP contribution is -2.58. The standard InChI is InChI=1S/C17H22Cl2F3N3O/c1-11(2)15-8-24(10-17(20,21)22)5-6-25(15)9-16(26)23-14-7-12(18)3-4-13(14)19/h3-4,7,11,15H,5-6,8-10H2,1-2H3,(H,23,26)/t15-/m0/s1. The van der Waals surface area contributed by atoms with Crippen molar-refractivity contribution in [1.29, 1.82) is 0 Å². The Hall–Kier alpha value is -1.02. The summed E-state index contributed by atoms with van der Waals surface area (Å²) in [6.07, 6.45) is -4.22. The largest absolute Gasteiger partial charge is 0.401 e. The van der Waals surface area contributed by atoms with Gasteiger partial charge in [0.05, 0.1) is 23.8 Å². The van der Waals surface area contributed by atoms with Crippen molar-refractivity contribution in [1.82, 2.24) is 9.80 Å². The first-order valence-corrected chi connectivity index (χ1v) is 9.09. The van der Waals surface area contributed by atoms with Gasteiger partial charge in [-0.25, -0.2) is 0 Å². The van der Waals surface area contributed by atoms with E-state index in [0.717, 1.165) is 0 Å². The minimum absolute atomic E-state index is 0.0888. The maximum atomic E-state index is 12.6. The lowest BCUT2D eigenvalue weighted by molar-refractivity contribution is -0.153. The van der Waals surface area contributed by atoms with Crippen LogP contribution < -0.4 is 5.32 Å². The number of anilines is 1. The van der Waals surface area contributed by atoms with Crippen LogP contribution in [0, 0.1) is 5.92 Å². The summed E-state index contributed by atoms with van der Waals surface area (Å²) in [6, 6.07) is 4.63. The molecule has 0 bridgehead atoms. The van der Waals surface area contributed by atoms with Crippen LogP contribution in [0.5, 0.6) is 0 Å². The summed E-state index contributed by atoms with van der Waals surface area (Å²) in [5.74, 6) is -0.155. The van der Waals surface area contributed by atoms with Crippen molar-refractivity contribution in [2.75, 3.05) is 38.0 Å². The first-order chi connectivity index (χ1) is 12.0. The second-order valence-corrected chi connectivity index (χ2v) is 7.65. The Balaban J connectivity index is 1.99. The zero-order valence-electron chi connectivity index (χ0n) is 14.6. The molecule has 1 fully saturated rings. The topological polar surface area (TPSA) is 35.6 Å². The molecule has 0 radical (unpaired) electrons. The molecule has 0 aliphatic carbocycles. The number of halogens is 5. The van der Waals surface area contributed by atoms with Crippen molar-refractivity contribution in [3.05, 3.63) is 28.2 Å². The zero-order chi connectivity index (χ0) is 19.5. The van der Waals surface area contributed by atoms with Crippen LogP contribution in [0.15, 0.2) is 18.2 Å². The van der Waals surface area contributed by atoms with E-state index in [9.17, 15) is 18.0 Å². The fourth-order valence-corrected chi connectivity index (χ4v) is 3.44. The number of rotatable bonds is 5. The van der Waals surface area contributed by atoms with Gasteiger partial charge in [0.2, 0.25) is 5.91 Å². The van der Waals surface area contributed by atoms with E-state index in [1.165, 1.54) is 4.90 Å². The highest BCUT2D eigenvalue weighted by Crippen LogP contribution is 2.26. The molecule has 1 amide bonds. The molecule has 1 aliphatic rings. The van der Waals surface area contributed by atoms with E-state index in [2.05, 4.69) is 5.32 Å². The molecular weight excluding hydrogens is 390 g/mol. The van der Waals surface area contributed by atoms with Crippen LogP contribution in [0.4, 0.5) is 18.9 Å². The second-order valence-electron chi connectivity index (χ2n) is 6.80. The van der Waals surface area contributed by atoms with Crippen LogP contribution in [0.3, 0.4) is 0 Å². The van der Waals surface area contributed by atoms with Crippen LogP contribution in [0.2, 0.25) is 10.0 Å². The Morgan fingerprint density at radius 2 is 2.00 bits per heavy atom. The molecule has 146 valence electrons. The molecule has 1 atom stereocenters. The molecule has 1 aliphatic heterocycles. The van der Waals surface area contributed by atoms with E-state index < -0.39 is 12.7 Å². The van der Waals surface area contributed by atoms with Gasteiger partial charge in [0.1, 0.15) is 0 Å². The number of alkyl halides is 3. The van der Waals surface area contributed by atoms with Gasteiger partial charge in [-0.2, -0.15) is 13.2 Å². The van der Waals surface area contributed by atoms with Gasteiger partial charge in [0.15, 0.2) is 0 Å². The van der Waals surface area contributed by atoms with Gasteiger partial charge < -0.3 is 5.32 Å². The maximum Gasteiger partial charge on any atom is 0.401 e. The van der Waals surface area contributed by atoms with Gasteiger partial charge in [0.25, 0.3) is 0 Å². The SMILES string of the molecule is CC(C)[C@@H]1CN(CC(F)(F)F)CCN1CC(=O)Nc1cc(Cl)ccc1Cl. The molecule has 1 aromatic rings. The molecule has 1 aromatic carbocycles. The van der Waals surface area contributed by atoms with Crippen LogP contribution >= 0.6 is 23.2 Å². The highest BCUT2D eigenvalue weighted by molar-refractivity contribution is 6.35. The average molecular weight is 412 g/mol. The van der Waals surface area contributed by atoms with E-state index in [1.54, 1.807) is 18.2 Å². The van der Waals surface area contributed by atoms with Gasteiger partial charge in [-0.1, -0.05) is 37.0 Å². The third kappa shape index (κ3) is 6.30. The molecule has 1 heterocycles. The average Bonchev–Trinajstić information content (AvgIpc) is 2.50. The van der Waals surface area contributed by atoms with Gasteiger partial charge in [0, 0.05) is 30.7 Å². The molecule has 2 rings (SSSR count). The van der Waals surface area contributed by atoms with Gasteiger partial charge >= 0.3 is 6.18 Å². The van der Waals surface area contributed by atoms with Crippen molar-refractivity contribution in [2.45, 2.75) is 26.1 Å². The molecule has 1 saturated heterocycles. The zero-order valence-corrected chi connectivity index (χ0v) is 16.1. The number of hydrogen-bond acceptors (Lipinski definition) is 3. The van der Waals surface area contributed by atoms with E-state index in [0.29, 0.717) is 22.3 Å². The highest BCUT2D eigenvalue weighted by Gasteiger charge is 2.36. The van der Waals surface area contributed by atoms with Crippen LogP contribution in [-0.2, 0) is 4.79 Å². The number of benzene rings is 1. The minimum Gasteiger partial charge on any atom is -0.324 e. The highest BCUT2D eigenvalue weighted by atomic mass is 35.5. The lowest BCUT2D eigenvalue weighted by atomic mass is 9.99. The number of nitrogens with one attached hydrogen (secondary N) is 1. The van der Waals surface area contributed by atoms with E-state index in [-0.39, 0.29) is 37.5 Å². The smallest absolute Gasteiger partial charge is 0.324 e. The summed E-state index contributed by atoms with van der Waals surface area (Å²) >= 11 is 12.0. The Morgan fingerprint density at radius 1 is 1.31 bits per heavy atom. The van der Waals surface area contributed by atoms with E-state index in [1.807, 2.05) is 18.7 Å². The van der Waals surface area contributed by atoms with E-state index >= 15 is 0 Å². The first kappa shape index (κ1) is 21.3. The fourth-order valence-electron chi connectivity index (χ4n) is 3.10. The van der Waals surface area contributed by atoms with Crippen molar-refractivity contribution in [3.63, 3.8) is 0 Å². The summed E-state index contributed by atoms with van der Waals surface area (Å²) in [6.45, 7) is 4.01. The van der Waals surface area contributed by atoms with Crippen molar-refractivity contribution in [3.8, 4) is 0 Å². The number of amides is 1. The number of nitrogens with zero attached hydrogens (tertiary/aromatic N) is 2. The Bertz CT molecular complexity index is 640. The molecule has 4 nitrogen and oxygen atoms in total. The van der Waals surface area contributed by atoms with Gasteiger partial charge in [-0.05, 0) is 24.1 Å². The normalized spacial score (nSPS) is 19.8. The fraction of sp³-hybridized carbons (Fsp3) is 0.588. The Morgan fingerprint density at radius 3 is 2.62 bits per heavy atom. The number of hydrogen-bond donors (Lipinski definition) is 1. The number of carbonyl (C=O) groups excluding carboxylic acids is 1. The molecule has 0 saturated carbocycles. The summed E-state index contributed by atoms with van der Waals surface area (Å²) in [5, 5.41) is 3.54. The molecule has 0 unspecified atom stereocenters. The van der Waals surface area contributed by atoms with Gasteiger partial charge in [-0.3, -0.25) is 14.6 Å². The second kappa shape index (κ2) is 8.78. The van der Waals surface area contributed by atoms with E-state index in [4.69, 9.17) is 23.2 Å². The van der Waals surface area contributed by atoms with Gasteiger partial charge in [-0.15, -0.1) is 0 Å². The third-order valence-corrected chi connectivity index (χ3v) is 4.90. The van der Waals surface area contributed by atoms with Crippen molar-refractivity contribution >= 4 is 34.8 Å². The Labute approximate surface area is 161 Å². The van der Waals surface area contributed by atoms with Crippen LogP contribution in [0.25, 0.3) is 0 Å². The first-order valence-electron chi connectivity index (χ1n) is 8.33. The number of carbonyl (C=O) groups is 1. The summed E-state index contributed by atoms with van der Waals surface area (Å²) < 4.78 is 37.9. The Kier molecular flexibility index (Phi) is 7.19. The minimum atomic E-state index is -4.22. The molecule has 26 heavy (non-hydrogen) atoms. The van der Waals surface area contributed by atoms with Crippen molar-refractivity contribution < 1.29 is 18.0 Å². The molecule has 0 aromatic heterocycles. The monoisotopic (exact) mass is 411 g/mol. The maximum absolute atomic E-state index is 12.6. The third-order valence-electron chi connectivity index (χ3n) is 4.34. The lowest BCUT2D eigenvalue weighted by Gasteiger charge is -2.43. The summed E-state index contributed by atoms with van der Waals surface area (Å²) in [5.41, 5.74) is 0.418. The molecule has 1 N–H and O–H groups in total. The quantitative estimate of drug-likeness (QED) is 0.790. The molecule has 0 spiro atoms. The molecular formula is C17H22Cl2F3N3O. The van der Waals surface area contributed by atoms with Crippen LogP contribution in [-0.4, -0.2) is 60.6 Å². The predicted molar refractivity (Wildman–Crippen MR) is 97.8 cm³/mol. The summed E-state index contributed by atoms with van der Waals surface area (Å²) in [7, 11) is 0. The number of piperazine rings is 1. The summed E-state index contributed by atoms with van der Waals surface area (Å²) in [4.78, 5) is 15.7.